The van der Waals surface area contributed by atoms with E-state index in [0.29, 0.717) is 26.9 Å². The molecule has 0 radical (unpaired) electrons. The van der Waals surface area contributed by atoms with Crippen LogP contribution in [0.3, 0.4) is 0 Å². The molecule has 0 atom stereocenters. The standard InChI is InChI=1S/C11H12Br2O4/c1-3-16-11(14)7-4-8(12)10(9(13)5-7)17-6-15-2/h4-5H,3,6H2,1-2H3. The summed E-state index contributed by atoms with van der Waals surface area (Å²) >= 11 is 6.66. The zero-order chi connectivity index (χ0) is 12.8. The fourth-order valence-electron chi connectivity index (χ4n) is 1.15. The van der Waals surface area contributed by atoms with Gasteiger partial charge in [-0.1, -0.05) is 0 Å². The highest BCUT2D eigenvalue weighted by atomic mass is 79.9. The molecule has 1 aromatic carbocycles. The molecule has 0 unspecified atom stereocenters. The quantitative estimate of drug-likeness (QED) is 0.591. The Morgan fingerprint density at radius 2 is 1.88 bits per heavy atom. The molecule has 17 heavy (non-hydrogen) atoms. The van der Waals surface area contributed by atoms with E-state index in [0.717, 1.165) is 0 Å². The van der Waals surface area contributed by atoms with Gasteiger partial charge < -0.3 is 14.2 Å². The number of halogens is 2. The number of carbonyl (C=O) groups excluding carboxylic acids is 1. The Balaban J connectivity index is 2.96. The van der Waals surface area contributed by atoms with Gasteiger partial charge >= 0.3 is 5.97 Å². The molecular weight excluding hydrogens is 356 g/mol. The normalized spacial score (nSPS) is 10.1. The minimum Gasteiger partial charge on any atom is -0.465 e. The molecule has 0 aromatic heterocycles. The maximum atomic E-state index is 11.5. The molecule has 0 spiro atoms. The van der Waals surface area contributed by atoms with Gasteiger partial charge in [-0.25, -0.2) is 4.79 Å². The van der Waals surface area contributed by atoms with E-state index in [-0.39, 0.29) is 12.8 Å². The fraction of sp³-hybridized carbons (Fsp3) is 0.364. The first-order valence-electron chi connectivity index (χ1n) is 4.88. The Hall–Kier alpha value is -0.590. The van der Waals surface area contributed by atoms with Crippen LogP contribution in [-0.4, -0.2) is 26.5 Å². The third kappa shape index (κ3) is 3.97. The molecule has 94 valence electrons. The molecule has 0 saturated carbocycles. The zero-order valence-electron chi connectivity index (χ0n) is 9.46. The lowest BCUT2D eigenvalue weighted by atomic mass is 10.2. The van der Waals surface area contributed by atoms with E-state index in [1.54, 1.807) is 19.1 Å². The van der Waals surface area contributed by atoms with Gasteiger partial charge in [0.1, 0.15) is 0 Å². The van der Waals surface area contributed by atoms with Crippen LogP contribution in [0, 0.1) is 0 Å². The number of hydrogen-bond donors (Lipinski definition) is 0. The summed E-state index contributed by atoms with van der Waals surface area (Å²) in [5, 5.41) is 0. The molecule has 1 rings (SSSR count). The molecular formula is C11H12Br2O4. The fourth-order valence-corrected chi connectivity index (χ4v) is 2.56. The van der Waals surface area contributed by atoms with Gasteiger partial charge in [0.2, 0.25) is 0 Å². The summed E-state index contributed by atoms with van der Waals surface area (Å²) in [6.45, 7) is 2.24. The summed E-state index contributed by atoms with van der Waals surface area (Å²) in [5.74, 6) is 0.215. The number of hydrogen-bond acceptors (Lipinski definition) is 4. The van der Waals surface area contributed by atoms with Gasteiger partial charge in [-0.3, -0.25) is 0 Å². The number of carbonyl (C=O) groups is 1. The van der Waals surface area contributed by atoms with Crippen molar-refractivity contribution in [2.24, 2.45) is 0 Å². The second-order valence-electron chi connectivity index (χ2n) is 3.04. The van der Waals surface area contributed by atoms with Gasteiger partial charge in [0.25, 0.3) is 0 Å². The van der Waals surface area contributed by atoms with Crippen LogP contribution in [0.25, 0.3) is 0 Å². The van der Waals surface area contributed by atoms with Gasteiger partial charge in [0.05, 0.1) is 21.1 Å². The highest BCUT2D eigenvalue weighted by Crippen LogP contribution is 2.34. The van der Waals surface area contributed by atoms with Crippen molar-refractivity contribution >= 4 is 37.8 Å². The maximum absolute atomic E-state index is 11.5. The third-order valence-electron chi connectivity index (χ3n) is 1.83. The minimum atomic E-state index is -0.368. The van der Waals surface area contributed by atoms with Crippen LogP contribution in [-0.2, 0) is 9.47 Å². The predicted octanol–water partition coefficient (Wildman–Crippen LogP) is 3.37. The van der Waals surface area contributed by atoms with E-state index < -0.39 is 0 Å². The van der Waals surface area contributed by atoms with Crippen molar-refractivity contribution in [2.75, 3.05) is 20.5 Å². The largest absolute Gasteiger partial charge is 0.465 e. The van der Waals surface area contributed by atoms with Crippen molar-refractivity contribution in [3.8, 4) is 5.75 Å². The number of benzene rings is 1. The zero-order valence-corrected chi connectivity index (χ0v) is 12.6. The summed E-state index contributed by atoms with van der Waals surface area (Å²) in [6.07, 6.45) is 0. The van der Waals surface area contributed by atoms with E-state index in [1.807, 2.05) is 0 Å². The molecule has 0 saturated heterocycles. The van der Waals surface area contributed by atoms with Crippen molar-refractivity contribution in [2.45, 2.75) is 6.92 Å². The van der Waals surface area contributed by atoms with Crippen molar-refractivity contribution in [1.82, 2.24) is 0 Å². The Labute approximate surface area is 116 Å². The van der Waals surface area contributed by atoms with Crippen LogP contribution in [0.5, 0.6) is 5.75 Å². The van der Waals surface area contributed by atoms with Crippen molar-refractivity contribution in [3.05, 3.63) is 26.6 Å². The highest BCUT2D eigenvalue weighted by Gasteiger charge is 2.14. The molecule has 0 N–H and O–H groups in total. The van der Waals surface area contributed by atoms with Gasteiger partial charge in [0.15, 0.2) is 12.5 Å². The average molecular weight is 368 g/mol. The van der Waals surface area contributed by atoms with Crippen LogP contribution >= 0.6 is 31.9 Å². The van der Waals surface area contributed by atoms with E-state index in [1.165, 1.54) is 7.11 Å². The van der Waals surface area contributed by atoms with Gasteiger partial charge in [0, 0.05) is 7.11 Å². The summed E-state index contributed by atoms with van der Waals surface area (Å²) < 4.78 is 16.4. The van der Waals surface area contributed by atoms with Crippen LogP contribution in [0.2, 0.25) is 0 Å². The maximum Gasteiger partial charge on any atom is 0.338 e. The lowest BCUT2D eigenvalue weighted by molar-refractivity contribution is 0.0497. The molecule has 0 amide bonds. The van der Waals surface area contributed by atoms with Gasteiger partial charge in [-0.05, 0) is 50.9 Å². The SMILES string of the molecule is CCOC(=O)c1cc(Br)c(OCOC)c(Br)c1. The molecule has 0 aliphatic heterocycles. The lowest BCUT2D eigenvalue weighted by Gasteiger charge is -2.11. The topological polar surface area (TPSA) is 44.8 Å². The average Bonchev–Trinajstić information content (AvgIpc) is 2.28. The molecule has 4 nitrogen and oxygen atoms in total. The molecule has 0 bridgehead atoms. The first-order chi connectivity index (χ1) is 8.10. The van der Waals surface area contributed by atoms with Crippen LogP contribution < -0.4 is 4.74 Å². The Morgan fingerprint density at radius 3 is 2.35 bits per heavy atom. The van der Waals surface area contributed by atoms with Crippen LogP contribution in [0.1, 0.15) is 17.3 Å². The van der Waals surface area contributed by atoms with Gasteiger partial charge in [-0.15, -0.1) is 0 Å². The first-order valence-corrected chi connectivity index (χ1v) is 6.46. The number of esters is 1. The van der Waals surface area contributed by atoms with Crippen LogP contribution in [0.4, 0.5) is 0 Å². The molecule has 0 fully saturated rings. The number of rotatable bonds is 5. The van der Waals surface area contributed by atoms with E-state index in [4.69, 9.17) is 14.2 Å². The Morgan fingerprint density at radius 1 is 1.29 bits per heavy atom. The smallest absolute Gasteiger partial charge is 0.338 e. The number of methoxy groups -OCH3 is 1. The first kappa shape index (κ1) is 14.5. The molecule has 0 aliphatic carbocycles. The highest BCUT2D eigenvalue weighted by molar-refractivity contribution is 9.11. The van der Waals surface area contributed by atoms with E-state index >= 15 is 0 Å². The molecule has 6 heteroatoms. The molecule has 0 heterocycles. The summed E-state index contributed by atoms with van der Waals surface area (Å²) in [5.41, 5.74) is 0.454. The van der Waals surface area contributed by atoms with E-state index in [2.05, 4.69) is 31.9 Å². The monoisotopic (exact) mass is 366 g/mol. The second-order valence-corrected chi connectivity index (χ2v) is 4.75. The third-order valence-corrected chi connectivity index (χ3v) is 3.01. The summed E-state index contributed by atoms with van der Waals surface area (Å²) in [4.78, 5) is 11.5. The molecule has 1 aromatic rings. The minimum absolute atomic E-state index is 0.135. The molecule has 0 aliphatic rings. The Bertz CT molecular complexity index is 383. The van der Waals surface area contributed by atoms with Gasteiger partial charge in [-0.2, -0.15) is 0 Å². The lowest BCUT2D eigenvalue weighted by Crippen LogP contribution is -2.06. The van der Waals surface area contributed by atoms with Crippen molar-refractivity contribution in [1.29, 1.82) is 0 Å². The number of ether oxygens (including phenoxy) is 3. The Kier molecular flexibility index (Phi) is 5.94. The van der Waals surface area contributed by atoms with E-state index in [9.17, 15) is 4.79 Å². The van der Waals surface area contributed by atoms with Crippen molar-refractivity contribution < 1.29 is 19.0 Å². The summed E-state index contributed by atoms with van der Waals surface area (Å²) in [7, 11) is 1.54. The van der Waals surface area contributed by atoms with Crippen molar-refractivity contribution in [3.63, 3.8) is 0 Å². The van der Waals surface area contributed by atoms with Crippen LogP contribution in [0.15, 0.2) is 21.1 Å². The second kappa shape index (κ2) is 6.98. The summed E-state index contributed by atoms with van der Waals surface area (Å²) in [6, 6.07) is 3.29. The predicted molar refractivity (Wildman–Crippen MR) is 70.3 cm³/mol.